The van der Waals surface area contributed by atoms with E-state index in [0.29, 0.717) is 24.2 Å². The van der Waals surface area contributed by atoms with Gasteiger partial charge in [-0.25, -0.2) is 4.79 Å². The number of aliphatic hydroxyl groups excluding tert-OH is 2. The summed E-state index contributed by atoms with van der Waals surface area (Å²) < 4.78 is 79.6. The number of ketones is 1. The van der Waals surface area contributed by atoms with Crippen LogP contribution in [0.4, 0.5) is 0 Å². The Morgan fingerprint density at radius 3 is 2.18 bits per heavy atom. The molecule has 22 nitrogen and oxygen atoms in total. The summed E-state index contributed by atoms with van der Waals surface area (Å²) in [5.41, 5.74) is -4.97. The van der Waals surface area contributed by atoms with Crippen molar-refractivity contribution in [3.8, 4) is 0 Å². The van der Waals surface area contributed by atoms with Crippen LogP contribution in [-0.2, 0) is 57.0 Å². The van der Waals surface area contributed by atoms with Gasteiger partial charge in [0.05, 0.1) is 58.9 Å². The number of aromatic nitrogens is 1. The van der Waals surface area contributed by atoms with Crippen LogP contribution in [0.3, 0.4) is 0 Å². The molecule has 0 spiro atoms. The predicted molar refractivity (Wildman–Crippen MR) is 286 cm³/mol. The fraction of sp³-hybridized carbons (Fsp3) is 0.774. The number of pyridine rings is 1. The molecule has 6 rings (SSSR count). The largest absolute Gasteiger partial charge is 0.477 e. The molecule has 0 unspecified atom stereocenters. The number of carbonyl (C=O) groups is 3. The van der Waals surface area contributed by atoms with E-state index in [2.05, 4.69) is 5.32 Å². The summed E-state index contributed by atoms with van der Waals surface area (Å²) in [6.45, 7) is 14.0. The lowest BCUT2D eigenvalue weighted by Gasteiger charge is -2.51. The van der Waals surface area contributed by atoms with E-state index in [-0.39, 0.29) is 61.1 Å². The van der Waals surface area contributed by atoms with Gasteiger partial charge in [0.25, 0.3) is 10.1 Å². The number of hydrogen-bond donors (Lipinski definition) is 5. The average Bonchev–Trinajstić information content (AvgIpc) is 3.37. The molecule has 436 valence electrons. The van der Waals surface area contributed by atoms with Crippen LogP contribution in [0.5, 0.6) is 0 Å². The van der Waals surface area contributed by atoms with Gasteiger partial charge in [0.1, 0.15) is 35.3 Å². The topological polar surface area (TPSA) is 281 Å². The Kier molecular flexibility index (Phi) is 20.6. The molecule has 1 aliphatic carbocycles. The first-order valence-electron chi connectivity index (χ1n) is 26.5. The molecule has 4 aliphatic rings. The van der Waals surface area contributed by atoms with Crippen molar-refractivity contribution in [3.05, 3.63) is 40.2 Å². The van der Waals surface area contributed by atoms with Crippen molar-refractivity contribution >= 4 is 50.5 Å². The molecule has 1 aromatic carbocycles. The number of fused-ring (bicyclic) bond motifs is 2. The Labute approximate surface area is 456 Å². The van der Waals surface area contributed by atoms with E-state index in [0.717, 1.165) is 4.90 Å². The first-order valence-corrected chi connectivity index (χ1v) is 29.0. The van der Waals surface area contributed by atoms with Crippen molar-refractivity contribution in [3.63, 3.8) is 0 Å². The van der Waals surface area contributed by atoms with Crippen molar-refractivity contribution in [2.24, 2.45) is 23.7 Å². The first-order chi connectivity index (χ1) is 35.9. The van der Waals surface area contributed by atoms with Crippen LogP contribution in [0.2, 0.25) is 0 Å². The number of aliphatic hydroxyl groups is 3. The van der Waals surface area contributed by atoms with Gasteiger partial charge in [0.15, 0.2) is 12.6 Å². The Bertz CT molecular complexity index is 2570. The van der Waals surface area contributed by atoms with Crippen LogP contribution in [0.15, 0.2) is 34.1 Å². The molecule has 1 aromatic heterocycles. The van der Waals surface area contributed by atoms with Crippen LogP contribution in [0.1, 0.15) is 97.9 Å². The lowest BCUT2D eigenvalue weighted by molar-refractivity contribution is -0.318. The number of carboxylic acids is 1. The standard InChI is InChI=1S/C53H84N4O18S2/c1-28-25-51(7,68-13)46(74-50-43(60)38(55(9)10)23-29(2)70-50)31(4)44(32(5)49(64)72-39-17-18-53(39,65)45(61)30(3)41(28)58)73-40-26-52(8,69-14)47(33(6)71-40)75-77(66,67)22-20-54-19-21-76-34-15-16-37-35(24-34)42(59)36(48(62)63)27-57(37)56(11)12/h15-16,24,27-33,38-40,43-47,50,54,60-61,65H,17-23,25-26H2,1-14H3,(H,62,63)/t28-,29-,30+,31+,32-,33+,38+,39-,40+,43-,44+,45-,46-,47+,50+,51-,52-,53-/m1/s1. The van der Waals surface area contributed by atoms with Gasteiger partial charge in [-0.3, -0.25) is 23.2 Å². The van der Waals surface area contributed by atoms with E-state index < -0.39 is 129 Å². The number of rotatable bonds is 18. The lowest BCUT2D eigenvalue weighted by atomic mass is 9.67. The normalized spacial score (nSPS) is 37.7. The number of carboxylic acid groups (broad SMARTS) is 1. The predicted octanol–water partition coefficient (Wildman–Crippen LogP) is 2.75. The molecule has 3 aliphatic heterocycles. The number of thioether (sulfide) groups is 1. The molecule has 0 bridgehead atoms. The molecule has 18 atom stereocenters. The molecule has 4 fully saturated rings. The first kappa shape index (κ1) is 62.9. The number of nitrogens with zero attached hydrogens (tertiary/aromatic N) is 3. The number of benzene rings is 1. The van der Waals surface area contributed by atoms with Gasteiger partial charge >= 0.3 is 11.9 Å². The summed E-state index contributed by atoms with van der Waals surface area (Å²) in [4.78, 5) is 56.1. The minimum Gasteiger partial charge on any atom is -0.477 e. The lowest BCUT2D eigenvalue weighted by Crippen LogP contribution is -2.65. The summed E-state index contributed by atoms with van der Waals surface area (Å²) >= 11 is 1.41. The van der Waals surface area contributed by atoms with E-state index in [1.54, 1.807) is 84.4 Å². The summed E-state index contributed by atoms with van der Waals surface area (Å²) in [7, 11) is 5.85. The molecule has 2 aromatic rings. The number of likely N-dealkylation sites (N-methyl/N-ethyl adjacent to an activating group) is 1. The van der Waals surface area contributed by atoms with E-state index in [1.807, 2.05) is 32.0 Å². The molecular weight excluding hydrogens is 1040 g/mol. The van der Waals surface area contributed by atoms with Crippen LogP contribution in [0, 0.1) is 23.7 Å². The van der Waals surface area contributed by atoms with E-state index >= 15 is 0 Å². The second-order valence-corrected chi connectivity index (χ2v) is 25.4. The third kappa shape index (κ3) is 13.7. The Morgan fingerprint density at radius 2 is 1.58 bits per heavy atom. The summed E-state index contributed by atoms with van der Waals surface area (Å²) in [6.07, 6.45) is -8.72. The number of nitrogens with one attached hydrogen (secondary N) is 1. The minimum absolute atomic E-state index is 0.0333. The molecule has 0 radical (unpaired) electrons. The Balaban J connectivity index is 1.19. The number of hydrogen-bond acceptors (Lipinski definition) is 21. The van der Waals surface area contributed by atoms with Gasteiger partial charge in [0, 0.05) is 93.9 Å². The molecule has 1 saturated carbocycles. The highest BCUT2D eigenvalue weighted by molar-refractivity contribution is 7.99. The van der Waals surface area contributed by atoms with Crippen LogP contribution in [0.25, 0.3) is 10.9 Å². The van der Waals surface area contributed by atoms with Crippen molar-refractivity contribution in [2.75, 3.05) is 72.0 Å². The van der Waals surface area contributed by atoms with Crippen molar-refractivity contribution in [2.45, 2.75) is 177 Å². The SMILES string of the molecule is CO[C@]1(C)C[C@@H](C)C(=O)[C@H](C)[C@@H](O)[C@@]2(O)CC[C@H]2OC(=O)[C@H](C)[C@@H](O[C@H]2C[C@@](C)(OC)[C@@H](OS(=O)(=O)CCNCCSc3ccc4c(c3)c(=O)c(C(=O)O)cn4N(C)C)[C@H](C)O2)[C@H](C)[C@H]1O[C@@H]1O[C@H](C)C[C@H](N(C)C)[C@H]1O. The van der Waals surface area contributed by atoms with Crippen LogP contribution in [-0.4, -0.2) is 207 Å². The third-order valence-electron chi connectivity index (χ3n) is 16.4. The quantitative estimate of drug-likeness (QED) is 0.0621. The molecule has 5 N–H and O–H groups in total. The maximum Gasteiger partial charge on any atom is 0.341 e. The average molecular weight is 1130 g/mol. The van der Waals surface area contributed by atoms with Gasteiger partial charge in [-0.15, -0.1) is 11.8 Å². The van der Waals surface area contributed by atoms with Gasteiger partial charge < -0.3 is 68.8 Å². The van der Waals surface area contributed by atoms with Crippen molar-refractivity contribution in [1.29, 1.82) is 0 Å². The highest BCUT2D eigenvalue weighted by atomic mass is 32.2. The summed E-state index contributed by atoms with van der Waals surface area (Å²) in [5.74, 6) is -6.10. The number of ether oxygens (including phenoxy) is 7. The fourth-order valence-corrected chi connectivity index (χ4v) is 13.6. The second kappa shape index (κ2) is 25.2. The Hall–Kier alpha value is -3.34. The number of Topliss-reactive ketones (excluding diaryl/α,β-unsaturated/α-hetero) is 1. The molecule has 3 saturated heterocycles. The zero-order chi connectivity index (χ0) is 57.3. The molecule has 77 heavy (non-hydrogen) atoms. The second-order valence-electron chi connectivity index (χ2n) is 22.5. The number of esters is 1. The van der Waals surface area contributed by atoms with Crippen LogP contribution >= 0.6 is 11.8 Å². The smallest absolute Gasteiger partial charge is 0.341 e. The van der Waals surface area contributed by atoms with Crippen molar-refractivity contribution < 1.29 is 80.6 Å². The van der Waals surface area contributed by atoms with E-state index in [9.17, 15) is 48.0 Å². The zero-order valence-corrected chi connectivity index (χ0v) is 48.6. The monoisotopic (exact) mass is 1130 g/mol. The number of carbonyl (C=O) groups excluding carboxylic acids is 2. The van der Waals surface area contributed by atoms with E-state index in [4.69, 9.17) is 37.3 Å². The maximum absolute atomic E-state index is 14.4. The highest BCUT2D eigenvalue weighted by Crippen LogP contribution is 2.45. The highest BCUT2D eigenvalue weighted by Gasteiger charge is 2.58. The molecular formula is C53H84N4O18S2. The summed E-state index contributed by atoms with van der Waals surface area (Å²) in [6, 6.07) is 4.87. The van der Waals surface area contributed by atoms with Crippen molar-refractivity contribution in [1.82, 2.24) is 14.9 Å². The molecule has 0 amide bonds. The third-order valence-corrected chi connectivity index (χ3v) is 18.6. The minimum atomic E-state index is -4.21. The van der Waals surface area contributed by atoms with Crippen LogP contribution < -0.4 is 15.8 Å². The van der Waals surface area contributed by atoms with Gasteiger partial charge in [-0.2, -0.15) is 8.42 Å². The number of aromatic carboxylic acids is 1. The molecule has 24 heteroatoms. The van der Waals surface area contributed by atoms with Gasteiger partial charge in [-0.1, -0.05) is 20.8 Å². The van der Waals surface area contributed by atoms with Gasteiger partial charge in [0.2, 0.25) is 5.43 Å². The fourth-order valence-electron chi connectivity index (χ4n) is 11.6. The van der Waals surface area contributed by atoms with E-state index in [1.165, 1.54) is 32.2 Å². The summed E-state index contributed by atoms with van der Waals surface area (Å²) in [5, 5.41) is 49.7. The molecule has 4 heterocycles. The maximum atomic E-state index is 14.4. The van der Waals surface area contributed by atoms with Gasteiger partial charge in [-0.05, 0) is 92.6 Å². The number of methoxy groups -OCH3 is 2. The Morgan fingerprint density at radius 1 is 0.922 bits per heavy atom. The zero-order valence-electron chi connectivity index (χ0n) is 47.0.